The number of nitrogens with one attached hydrogen (secondary N) is 1. The van der Waals surface area contributed by atoms with Crippen LogP contribution in [0.3, 0.4) is 0 Å². The molecule has 0 bridgehead atoms. The third-order valence-electron chi connectivity index (χ3n) is 4.93. The van der Waals surface area contributed by atoms with E-state index in [2.05, 4.69) is 35.9 Å². The summed E-state index contributed by atoms with van der Waals surface area (Å²) in [6, 6.07) is 14.0. The Bertz CT molecular complexity index is 1070. The van der Waals surface area contributed by atoms with Gasteiger partial charge >= 0.3 is 0 Å². The van der Waals surface area contributed by atoms with Crippen molar-refractivity contribution in [1.29, 1.82) is 0 Å². The van der Waals surface area contributed by atoms with Crippen LogP contribution >= 0.6 is 11.8 Å². The van der Waals surface area contributed by atoms with E-state index >= 15 is 0 Å². The molecular formula is C24H27FN4O2S. The molecule has 6 nitrogen and oxygen atoms in total. The lowest BCUT2D eigenvalue weighted by Crippen LogP contribution is -2.33. The van der Waals surface area contributed by atoms with E-state index in [1.807, 2.05) is 24.3 Å². The van der Waals surface area contributed by atoms with Crippen molar-refractivity contribution in [2.75, 3.05) is 12.9 Å². The second kappa shape index (κ2) is 10.9. The maximum Gasteiger partial charge on any atom is 0.230 e. The molecule has 3 rings (SSSR count). The molecule has 0 saturated carbocycles. The fraction of sp³-hybridized carbons (Fsp3) is 0.292. The van der Waals surface area contributed by atoms with Crippen LogP contribution in [0, 0.1) is 11.7 Å². The predicted octanol–water partition coefficient (Wildman–Crippen LogP) is 4.88. The molecule has 0 fully saturated rings. The Morgan fingerprint density at radius 3 is 2.56 bits per heavy atom. The average Bonchev–Trinajstić information content (AvgIpc) is 3.19. The van der Waals surface area contributed by atoms with E-state index in [1.165, 1.54) is 17.8 Å². The topological polar surface area (TPSA) is 69.0 Å². The van der Waals surface area contributed by atoms with Crippen molar-refractivity contribution < 1.29 is 13.9 Å². The van der Waals surface area contributed by atoms with Gasteiger partial charge in [-0.05, 0) is 35.7 Å². The Morgan fingerprint density at radius 2 is 1.94 bits per heavy atom. The van der Waals surface area contributed by atoms with E-state index in [1.54, 1.807) is 36.0 Å². The normalized spacial score (nSPS) is 11.9. The van der Waals surface area contributed by atoms with Gasteiger partial charge in [-0.1, -0.05) is 56.0 Å². The highest BCUT2D eigenvalue weighted by Crippen LogP contribution is 2.27. The second-order valence-corrected chi connectivity index (χ2v) is 8.48. The van der Waals surface area contributed by atoms with E-state index in [9.17, 15) is 9.18 Å². The summed E-state index contributed by atoms with van der Waals surface area (Å²) in [4.78, 5) is 12.7. The van der Waals surface area contributed by atoms with E-state index in [4.69, 9.17) is 4.74 Å². The van der Waals surface area contributed by atoms with E-state index < -0.39 is 0 Å². The Balaban J connectivity index is 1.72. The van der Waals surface area contributed by atoms with Gasteiger partial charge in [-0.2, -0.15) is 0 Å². The van der Waals surface area contributed by atoms with Crippen molar-refractivity contribution in [2.24, 2.45) is 5.92 Å². The Kier molecular flexibility index (Phi) is 8.05. The zero-order valence-electron chi connectivity index (χ0n) is 18.4. The van der Waals surface area contributed by atoms with Crippen molar-refractivity contribution in [3.8, 4) is 17.1 Å². The first kappa shape index (κ1) is 23.5. The summed E-state index contributed by atoms with van der Waals surface area (Å²) in [6.45, 7) is 8.29. The summed E-state index contributed by atoms with van der Waals surface area (Å²) < 4.78 is 21.2. The molecule has 1 heterocycles. The molecule has 8 heteroatoms. The van der Waals surface area contributed by atoms with Crippen LogP contribution in [0.4, 0.5) is 4.39 Å². The number of benzene rings is 2. The average molecular weight is 455 g/mol. The van der Waals surface area contributed by atoms with Crippen molar-refractivity contribution in [3.05, 3.63) is 72.6 Å². The molecule has 1 aromatic heterocycles. The lowest BCUT2D eigenvalue weighted by atomic mass is 9.96. The molecule has 2 aromatic carbocycles. The molecule has 1 atom stereocenters. The smallest absolute Gasteiger partial charge is 0.230 e. The fourth-order valence-corrected chi connectivity index (χ4v) is 4.08. The maximum absolute atomic E-state index is 14.3. The van der Waals surface area contributed by atoms with Crippen LogP contribution in [-0.2, 0) is 11.3 Å². The largest absolute Gasteiger partial charge is 0.497 e. The van der Waals surface area contributed by atoms with Gasteiger partial charge in [-0.15, -0.1) is 16.8 Å². The highest BCUT2D eigenvalue weighted by atomic mass is 32.2. The first-order valence-corrected chi connectivity index (χ1v) is 11.3. The molecule has 0 aliphatic heterocycles. The summed E-state index contributed by atoms with van der Waals surface area (Å²) in [5.74, 6) is 1.04. The quantitative estimate of drug-likeness (QED) is 0.349. The first-order valence-electron chi connectivity index (χ1n) is 10.3. The number of hydrogen-bond donors (Lipinski definition) is 1. The third-order valence-corrected chi connectivity index (χ3v) is 5.90. The molecule has 1 N–H and O–H groups in total. The number of halogens is 1. The van der Waals surface area contributed by atoms with Gasteiger partial charge in [0.15, 0.2) is 11.0 Å². The number of rotatable bonds is 10. The Morgan fingerprint density at radius 1 is 1.22 bits per heavy atom. The number of hydrogen-bond acceptors (Lipinski definition) is 5. The molecule has 32 heavy (non-hydrogen) atoms. The van der Waals surface area contributed by atoms with Gasteiger partial charge in [-0.3, -0.25) is 9.36 Å². The van der Waals surface area contributed by atoms with Gasteiger partial charge < -0.3 is 10.1 Å². The van der Waals surface area contributed by atoms with Gasteiger partial charge in [0.25, 0.3) is 0 Å². The standard InChI is InChI=1S/C24H27FN4O2S/c1-5-14-29-23(19-8-6-7-9-20(19)25)27-28-24(29)32-15-21(30)26-22(16(2)3)17-10-12-18(31-4)13-11-17/h5-13,16,22H,1,14-15H2,2-4H3,(H,26,30). The summed E-state index contributed by atoms with van der Waals surface area (Å²) in [7, 11) is 1.62. The molecular weight excluding hydrogens is 427 g/mol. The fourth-order valence-electron chi connectivity index (χ4n) is 3.32. The van der Waals surface area contributed by atoms with Crippen molar-refractivity contribution >= 4 is 17.7 Å². The van der Waals surface area contributed by atoms with Gasteiger partial charge in [0.2, 0.25) is 5.91 Å². The number of thioether (sulfide) groups is 1. The highest BCUT2D eigenvalue weighted by Gasteiger charge is 2.21. The number of aromatic nitrogens is 3. The van der Waals surface area contributed by atoms with Crippen molar-refractivity contribution in [1.82, 2.24) is 20.1 Å². The minimum absolute atomic E-state index is 0.120. The molecule has 168 valence electrons. The Hall–Kier alpha value is -3.13. The molecule has 1 amide bonds. The second-order valence-electron chi connectivity index (χ2n) is 7.54. The molecule has 0 saturated heterocycles. The number of carbonyl (C=O) groups excluding carboxylic acids is 1. The van der Waals surface area contributed by atoms with Gasteiger partial charge in [-0.25, -0.2) is 4.39 Å². The van der Waals surface area contributed by atoms with Gasteiger partial charge in [0.05, 0.1) is 24.5 Å². The third kappa shape index (κ3) is 5.56. The van der Waals surface area contributed by atoms with Crippen LogP contribution in [0.15, 0.2) is 66.3 Å². The van der Waals surface area contributed by atoms with Crippen molar-refractivity contribution in [3.63, 3.8) is 0 Å². The molecule has 0 spiro atoms. The van der Waals surface area contributed by atoms with Crippen LogP contribution in [0.5, 0.6) is 5.75 Å². The molecule has 0 aliphatic carbocycles. The lowest BCUT2D eigenvalue weighted by Gasteiger charge is -2.23. The van der Waals surface area contributed by atoms with Gasteiger partial charge in [0.1, 0.15) is 11.6 Å². The number of ether oxygens (including phenoxy) is 1. The predicted molar refractivity (Wildman–Crippen MR) is 125 cm³/mol. The number of nitrogens with zero attached hydrogens (tertiary/aromatic N) is 3. The summed E-state index contributed by atoms with van der Waals surface area (Å²) in [5, 5.41) is 12.0. The molecule has 0 aliphatic rings. The van der Waals surface area contributed by atoms with Crippen LogP contribution in [-0.4, -0.2) is 33.5 Å². The van der Waals surface area contributed by atoms with Gasteiger partial charge in [0, 0.05) is 6.54 Å². The first-order chi connectivity index (χ1) is 15.4. The SMILES string of the molecule is C=CCn1c(SCC(=O)NC(c2ccc(OC)cc2)C(C)C)nnc1-c1ccccc1F. The minimum Gasteiger partial charge on any atom is -0.497 e. The van der Waals surface area contributed by atoms with Crippen LogP contribution in [0.2, 0.25) is 0 Å². The lowest BCUT2D eigenvalue weighted by molar-refractivity contribution is -0.119. The number of carbonyl (C=O) groups is 1. The minimum atomic E-state index is -0.376. The van der Waals surface area contributed by atoms with Crippen LogP contribution in [0.25, 0.3) is 11.4 Å². The van der Waals surface area contributed by atoms with Crippen molar-refractivity contribution in [2.45, 2.75) is 31.6 Å². The number of amides is 1. The molecule has 3 aromatic rings. The summed E-state index contributed by atoms with van der Waals surface area (Å²) >= 11 is 1.26. The zero-order chi connectivity index (χ0) is 23.1. The van der Waals surface area contributed by atoms with E-state index in [0.717, 1.165) is 11.3 Å². The highest BCUT2D eigenvalue weighted by molar-refractivity contribution is 7.99. The van der Waals surface area contributed by atoms with E-state index in [-0.39, 0.29) is 29.4 Å². The summed E-state index contributed by atoms with van der Waals surface area (Å²) in [6.07, 6.45) is 1.69. The van der Waals surface area contributed by atoms with Crippen LogP contribution < -0.4 is 10.1 Å². The monoisotopic (exact) mass is 454 g/mol. The number of methoxy groups -OCH3 is 1. The Labute approximate surface area is 191 Å². The van der Waals surface area contributed by atoms with E-state index in [0.29, 0.717) is 23.1 Å². The zero-order valence-corrected chi connectivity index (χ0v) is 19.2. The maximum atomic E-state index is 14.3. The molecule has 0 radical (unpaired) electrons. The van der Waals surface area contributed by atoms with Crippen LogP contribution in [0.1, 0.15) is 25.5 Å². The molecule has 1 unspecified atom stereocenters. The number of allylic oxidation sites excluding steroid dienone is 1. The summed E-state index contributed by atoms with van der Waals surface area (Å²) in [5.41, 5.74) is 1.37.